The maximum atomic E-state index is 12.9. The standard InChI is InChI=1S/C21H25N7O4S/c1-30-15-9-13(10-16(11-15)31-2)18(32-3)19(29)24-21-27-26-20(33-21)23-14-6-8-28(12-14)17-5-4-7-22-25-17/h4-5,7,9-11,14,18H,6,8,12H2,1-3H3,(H,23,26)(H,24,27,29)/t14-,18-/m1/s1. The van der Waals surface area contributed by atoms with Crippen molar-refractivity contribution in [3.8, 4) is 11.5 Å². The Bertz CT molecular complexity index is 1060. The van der Waals surface area contributed by atoms with Crippen molar-refractivity contribution in [3.05, 3.63) is 42.1 Å². The zero-order chi connectivity index (χ0) is 23.2. The molecule has 1 aromatic carbocycles. The first-order valence-corrected chi connectivity index (χ1v) is 11.1. The third-order valence-electron chi connectivity index (χ3n) is 5.20. The number of anilines is 3. The molecule has 1 aliphatic rings. The molecule has 2 N–H and O–H groups in total. The summed E-state index contributed by atoms with van der Waals surface area (Å²) in [5, 5.41) is 23.5. The fourth-order valence-corrected chi connectivity index (χ4v) is 4.32. The Hall–Kier alpha value is -3.51. The van der Waals surface area contributed by atoms with Gasteiger partial charge in [-0.15, -0.1) is 15.3 Å². The Morgan fingerprint density at radius 1 is 1.12 bits per heavy atom. The second kappa shape index (κ2) is 10.4. The molecule has 0 radical (unpaired) electrons. The summed E-state index contributed by atoms with van der Waals surface area (Å²) in [6.07, 6.45) is 1.72. The number of ether oxygens (including phenoxy) is 3. The average Bonchev–Trinajstić information content (AvgIpc) is 3.49. The summed E-state index contributed by atoms with van der Waals surface area (Å²) in [4.78, 5) is 15.0. The van der Waals surface area contributed by atoms with Crippen LogP contribution in [-0.2, 0) is 9.53 Å². The Kier molecular flexibility index (Phi) is 7.15. The highest BCUT2D eigenvalue weighted by Gasteiger charge is 2.26. The number of hydrogen-bond donors (Lipinski definition) is 2. The van der Waals surface area contributed by atoms with Gasteiger partial charge in [-0.1, -0.05) is 11.3 Å². The second-order valence-electron chi connectivity index (χ2n) is 7.32. The molecule has 11 nitrogen and oxygen atoms in total. The van der Waals surface area contributed by atoms with E-state index in [-0.39, 0.29) is 11.9 Å². The number of amides is 1. The molecule has 3 aromatic rings. The minimum absolute atomic E-state index is 0.194. The monoisotopic (exact) mass is 471 g/mol. The van der Waals surface area contributed by atoms with Crippen molar-refractivity contribution in [2.75, 3.05) is 50.0 Å². The van der Waals surface area contributed by atoms with Gasteiger partial charge in [0.2, 0.25) is 10.3 Å². The molecular weight excluding hydrogens is 446 g/mol. The largest absolute Gasteiger partial charge is 0.497 e. The molecule has 0 unspecified atom stereocenters. The van der Waals surface area contributed by atoms with Gasteiger partial charge in [0.1, 0.15) is 11.5 Å². The number of rotatable bonds is 9. The van der Waals surface area contributed by atoms with Crippen LogP contribution in [0.3, 0.4) is 0 Å². The topological polar surface area (TPSA) is 124 Å². The van der Waals surface area contributed by atoms with Gasteiger partial charge in [-0.25, -0.2) is 0 Å². The predicted octanol–water partition coefficient (Wildman–Crippen LogP) is 2.36. The number of methoxy groups -OCH3 is 3. The van der Waals surface area contributed by atoms with Crippen LogP contribution in [0.4, 0.5) is 16.1 Å². The van der Waals surface area contributed by atoms with Crippen molar-refractivity contribution in [3.63, 3.8) is 0 Å². The Morgan fingerprint density at radius 2 is 1.88 bits per heavy atom. The number of benzene rings is 1. The number of hydrogen-bond acceptors (Lipinski definition) is 11. The molecule has 0 spiro atoms. The highest BCUT2D eigenvalue weighted by atomic mass is 32.1. The minimum atomic E-state index is -0.871. The van der Waals surface area contributed by atoms with E-state index in [1.165, 1.54) is 18.4 Å². The van der Waals surface area contributed by atoms with E-state index in [0.29, 0.717) is 27.3 Å². The lowest BCUT2D eigenvalue weighted by Crippen LogP contribution is -2.26. The molecule has 174 valence electrons. The molecular formula is C21H25N7O4S. The van der Waals surface area contributed by atoms with Gasteiger partial charge in [-0.2, -0.15) is 5.10 Å². The van der Waals surface area contributed by atoms with Crippen LogP contribution >= 0.6 is 11.3 Å². The number of nitrogens with zero attached hydrogens (tertiary/aromatic N) is 5. The summed E-state index contributed by atoms with van der Waals surface area (Å²) >= 11 is 1.27. The van der Waals surface area contributed by atoms with Gasteiger partial charge in [0.15, 0.2) is 11.9 Å². The van der Waals surface area contributed by atoms with Crippen LogP contribution in [0, 0.1) is 0 Å². The van der Waals surface area contributed by atoms with E-state index in [0.717, 1.165) is 25.3 Å². The number of carbonyl (C=O) groups excluding carboxylic acids is 1. The Balaban J connectivity index is 1.37. The number of carbonyl (C=O) groups is 1. The molecule has 0 aliphatic carbocycles. The van der Waals surface area contributed by atoms with Crippen LogP contribution in [0.15, 0.2) is 36.5 Å². The lowest BCUT2D eigenvalue weighted by molar-refractivity contribution is -0.126. The SMILES string of the molecule is COc1cc(OC)cc([C@@H](OC)C(=O)Nc2nnc(N[C@@H]3CCN(c4cccnn4)C3)s2)c1. The molecule has 1 amide bonds. The summed E-state index contributed by atoms with van der Waals surface area (Å²) < 4.78 is 16.0. The fourth-order valence-electron chi connectivity index (χ4n) is 3.60. The molecule has 1 aliphatic heterocycles. The van der Waals surface area contributed by atoms with Crippen LogP contribution in [0.5, 0.6) is 11.5 Å². The van der Waals surface area contributed by atoms with Crippen LogP contribution in [0.25, 0.3) is 0 Å². The molecule has 1 saturated heterocycles. The summed E-state index contributed by atoms with van der Waals surface area (Å²) in [6.45, 7) is 1.65. The highest BCUT2D eigenvalue weighted by Crippen LogP contribution is 2.30. The molecule has 2 aromatic heterocycles. The lowest BCUT2D eigenvalue weighted by atomic mass is 10.1. The molecule has 33 heavy (non-hydrogen) atoms. The summed E-state index contributed by atoms with van der Waals surface area (Å²) in [6, 6.07) is 9.19. The van der Waals surface area contributed by atoms with Crippen LogP contribution in [0.1, 0.15) is 18.1 Å². The molecule has 4 rings (SSSR count). The lowest BCUT2D eigenvalue weighted by Gasteiger charge is -2.16. The zero-order valence-electron chi connectivity index (χ0n) is 18.5. The molecule has 0 saturated carbocycles. The van der Waals surface area contributed by atoms with Crippen molar-refractivity contribution < 1.29 is 19.0 Å². The van der Waals surface area contributed by atoms with Gasteiger partial charge in [-0.3, -0.25) is 10.1 Å². The van der Waals surface area contributed by atoms with Crippen molar-refractivity contribution in [2.24, 2.45) is 0 Å². The van der Waals surface area contributed by atoms with E-state index >= 15 is 0 Å². The number of aromatic nitrogens is 4. The first-order valence-electron chi connectivity index (χ1n) is 10.3. The zero-order valence-corrected chi connectivity index (χ0v) is 19.3. The molecule has 2 atom stereocenters. The highest BCUT2D eigenvalue weighted by molar-refractivity contribution is 7.19. The van der Waals surface area contributed by atoms with Crippen molar-refractivity contribution in [1.29, 1.82) is 0 Å². The first-order chi connectivity index (χ1) is 16.1. The molecule has 0 bridgehead atoms. The summed E-state index contributed by atoms with van der Waals surface area (Å²) in [7, 11) is 4.56. The van der Waals surface area contributed by atoms with Gasteiger partial charge in [-0.05, 0) is 36.2 Å². The van der Waals surface area contributed by atoms with E-state index in [9.17, 15) is 4.79 Å². The second-order valence-corrected chi connectivity index (χ2v) is 8.30. The van der Waals surface area contributed by atoms with Gasteiger partial charge in [0.05, 0.1) is 14.2 Å². The smallest absolute Gasteiger partial charge is 0.259 e. The van der Waals surface area contributed by atoms with E-state index < -0.39 is 6.10 Å². The maximum Gasteiger partial charge on any atom is 0.259 e. The Labute approximate surface area is 195 Å². The fraction of sp³-hybridized carbons (Fsp3) is 0.381. The van der Waals surface area contributed by atoms with Gasteiger partial charge in [0.25, 0.3) is 5.91 Å². The minimum Gasteiger partial charge on any atom is -0.497 e. The normalized spacial score (nSPS) is 16.3. The van der Waals surface area contributed by atoms with Crippen molar-refractivity contribution in [2.45, 2.75) is 18.6 Å². The Morgan fingerprint density at radius 3 is 2.55 bits per heavy atom. The van der Waals surface area contributed by atoms with Gasteiger partial charge in [0, 0.05) is 38.5 Å². The molecule has 3 heterocycles. The van der Waals surface area contributed by atoms with Crippen LogP contribution in [-0.4, -0.2) is 66.8 Å². The van der Waals surface area contributed by atoms with Gasteiger partial charge >= 0.3 is 0 Å². The average molecular weight is 472 g/mol. The summed E-state index contributed by atoms with van der Waals surface area (Å²) in [5.41, 5.74) is 0.601. The van der Waals surface area contributed by atoms with E-state index in [1.807, 2.05) is 12.1 Å². The van der Waals surface area contributed by atoms with E-state index in [1.54, 1.807) is 38.6 Å². The van der Waals surface area contributed by atoms with E-state index in [2.05, 4.69) is 35.9 Å². The van der Waals surface area contributed by atoms with Crippen molar-refractivity contribution in [1.82, 2.24) is 20.4 Å². The van der Waals surface area contributed by atoms with Crippen LogP contribution in [0.2, 0.25) is 0 Å². The third kappa shape index (κ3) is 5.46. The summed E-state index contributed by atoms with van der Waals surface area (Å²) in [5.74, 6) is 1.61. The first kappa shape index (κ1) is 22.7. The number of nitrogens with one attached hydrogen (secondary N) is 2. The predicted molar refractivity (Wildman–Crippen MR) is 124 cm³/mol. The van der Waals surface area contributed by atoms with Crippen molar-refractivity contribution >= 4 is 33.3 Å². The van der Waals surface area contributed by atoms with Crippen LogP contribution < -0.4 is 25.0 Å². The maximum absolute atomic E-state index is 12.9. The quantitative estimate of drug-likeness (QED) is 0.481. The third-order valence-corrected chi connectivity index (χ3v) is 5.97. The molecule has 12 heteroatoms. The molecule has 1 fully saturated rings. The van der Waals surface area contributed by atoms with E-state index in [4.69, 9.17) is 14.2 Å². The van der Waals surface area contributed by atoms with Gasteiger partial charge < -0.3 is 24.4 Å².